The Morgan fingerprint density at radius 1 is 1.25 bits per heavy atom. The Hall–Kier alpha value is -3.15. The third-order valence-corrected chi connectivity index (χ3v) is 4.63. The molecule has 3 aromatic rings. The van der Waals surface area contributed by atoms with E-state index >= 15 is 0 Å². The summed E-state index contributed by atoms with van der Waals surface area (Å²) in [6.45, 7) is 11.7. The lowest BCUT2D eigenvalue weighted by atomic mass is 9.80. The van der Waals surface area contributed by atoms with Gasteiger partial charge in [-0.15, -0.1) is 15.0 Å². The molecule has 6 nitrogen and oxygen atoms in total. The zero-order valence-corrected chi connectivity index (χ0v) is 16.7. The summed E-state index contributed by atoms with van der Waals surface area (Å²) in [5.41, 5.74) is 4.48. The molecule has 0 fully saturated rings. The van der Waals surface area contributed by atoms with Crippen LogP contribution >= 0.6 is 0 Å². The Bertz CT molecular complexity index is 1010. The molecule has 2 aromatic carbocycles. The summed E-state index contributed by atoms with van der Waals surface area (Å²) in [4.78, 5) is 12.8. The molecule has 0 saturated carbocycles. The summed E-state index contributed by atoms with van der Waals surface area (Å²) in [5, 5.41) is 20.1. The van der Waals surface area contributed by atoms with Crippen LogP contribution in [0, 0.1) is 6.92 Å². The zero-order chi connectivity index (χ0) is 20.5. The number of rotatable bonds is 5. The second kappa shape index (κ2) is 7.46. The van der Waals surface area contributed by atoms with Crippen LogP contribution in [-0.2, 0) is 21.4 Å². The minimum atomic E-state index is -0.455. The molecule has 0 bridgehead atoms. The topological polar surface area (TPSA) is 77.2 Å². The van der Waals surface area contributed by atoms with Crippen molar-refractivity contribution in [1.82, 2.24) is 15.0 Å². The maximum Gasteiger partial charge on any atom is 0.330 e. The Morgan fingerprint density at radius 2 is 1.86 bits per heavy atom. The SMILES string of the molecule is C=CC(=O)OCCc1c(C)cc(-n2nc3ccccc3n2)c(O)c1C(C)(C)C. The number of benzene rings is 2. The highest BCUT2D eigenvalue weighted by atomic mass is 16.5. The van der Waals surface area contributed by atoms with Gasteiger partial charge < -0.3 is 9.84 Å². The first-order valence-corrected chi connectivity index (χ1v) is 9.20. The molecule has 0 amide bonds. The third-order valence-electron chi connectivity index (χ3n) is 4.63. The molecule has 1 heterocycles. The minimum Gasteiger partial charge on any atom is -0.505 e. The highest BCUT2D eigenvalue weighted by molar-refractivity contribution is 5.81. The number of carbonyl (C=O) groups excluding carboxylic acids is 1. The first-order chi connectivity index (χ1) is 13.2. The first-order valence-electron chi connectivity index (χ1n) is 9.20. The van der Waals surface area contributed by atoms with Crippen molar-refractivity contribution in [2.24, 2.45) is 0 Å². The number of nitrogens with zero attached hydrogens (tertiary/aromatic N) is 3. The Kier molecular flexibility index (Phi) is 5.23. The van der Waals surface area contributed by atoms with Gasteiger partial charge >= 0.3 is 5.97 Å². The molecule has 1 aromatic heterocycles. The number of phenols is 1. The van der Waals surface area contributed by atoms with Crippen LogP contribution in [-0.4, -0.2) is 32.7 Å². The van der Waals surface area contributed by atoms with Crippen LogP contribution in [0.4, 0.5) is 0 Å². The van der Waals surface area contributed by atoms with Gasteiger partial charge in [-0.25, -0.2) is 4.79 Å². The lowest BCUT2D eigenvalue weighted by Gasteiger charge is -2.27. The van der Waals surface area contributed by atoms with Crippen LogP contribution in [0.1, 0.15) is 37.5 Å². The molecule has 0 saturated heterocycles. The van der Waals surface area contributed by atoms with Crippen molar-refractivity contribution < 1.29 is 14.6 Å². The average Bonchev–Trinajstić information content (AvgIpc) is 3.06. The molecule has 0 radical (unpaired) electrons. The van der Waals surface area contributed by atoms with Gasteiger partial charge in [-0.1, -0.05) is 39.5 Å². The molecule has 0 atom stereocenters. The normalized spacial score (nSPS) is 11.6. The second-order valence-electron chi connectivity index (χ2n) is 7.76. The fraction of sp³-hybridized carbons (Fsp3) is 0.318. The number of aromatic hydroxyl groups is 1. The van der Waals surface area contributed by atoms with E-state index in [1.54, 1.807) is 0 Å². The average molecular weight is 379 g/mol. The van der Waals surface area contributed by atoms with E-state index in [1.165, 1.54) is 4.80 Å². The van der Waals surface area contributed by atoms with Crippen molar-refractivity contribution in [3.63, 3.8) is 0 Å². The Labute approximate surface area is 164 Å². The van der Waals surface area contributed by atoms with Crippen molar-refractivity contribution in [3.8, 4) is 11.4 Å². The smallest absolute Gasteiger partial charge is 0.330 e. The van der Waals surface area contributed by atoms with Gasteiger partial charge in [0.05, 0.1) is 6.61 Å². The summed E-state index contributed by atoms with van der Waals surface area (Å²) in [6, 6.07) is 9.45. The van der Waals surface area contributed by atoms with Gasteiger partial charge in [0.1, 0.15) is 22.5 Å². The summed E-state index contributed by atoms with van der Waals surface area (Å²) in [7, 11) is 0. The standard InChI is InChI=1S/C22H25N3O3/c1-6-19(26)28-12-11-15-14(2)13-18(21(27)20(15)22(3,4)5)25-23-16-9-7-8-10-17(16)24-25/h6-10,13,27H,1,11-12H2,2-5H3. The number of aromatic nitrogens is 3. The second-order valence-corrected chi connectivity index (χ2v) is 7.76. The van der Waals surface area contributed by atoms with Gasteiger partial charge in [0.25, 0.3) is 0 Å². The Morgan fingerprint density at radius 3 is 2.39 bits per heavy atom. The molecule has 0 spiro atoms. The van der Waals surface area contributed by atoms with Gasteiger partial charge in [-0.2, -0.15) is 0 Å². The van der Waals surface area contributed by atoms with Gasteiger partial charge in [-0.05, 0) is 41.7 Å². The molecule has 146 valence electrons. The molecule has 3 rings (SSSR count). The van der Waals surface area contributed by atoms with Crippen molar-refractivity contribution >= 4 is 17.0 Å². The fourth-order valence-corrected chi connectivity index (χ4v) is 3.39. The van der Waals surface area contributed by atoms with Crippen molar-refractivity contribution in [2.45, 2.75) is 39.5 Å². The monoisotopic (exact) mass is 379 g/mol. The summed E-state index contributed by atoms with van der Waals surface area (Å²) >= 11 is 0. The first kappa shape index (κ1) is 19.6. The quantitative estimate of drug-likeness (QED) is 0.535. The lowest BCUT2D eigenvalue weighted by Crippen LogP contribution is -2.19. The van der Waals surface area contributed by atoms with E-state index < -0.39 is 5.97 Å². The number of hydrogen-bond acceptors (Lipinski definition) is 5. The van der Waals surface area contributed by atoms with Crippen molar-refractivity contribution in [3.05, 3.63) is 59.7 Å². The number of hydrogen-bond donors (Lipinski definition) is 1. The van der Waals surface area contributed by atoms with E-state index in [4.69, 9.17) is 4.74 Å². The van der Waals surface area contributed by atoms with Crippen LogP contribution in [0.2, 0.25) is 0 Å². The number of aryl methyl sites for hydroxylation is 1. The molecule has 0 aliphatic heterocycles. The summed E-state index contributed by atoms with van der Waals surface area (Å²) in [6.07, 6.45) is 1.65. The third kappa shape index (κ3) is 3.76. The minimum absolute atomic E-state index is 0.142. The number of fused-ring (bicyclic) bond motifs is 1. The van der Waals surface area contributed by atoms with Gasteiger partial charge in [-0.3, -0.25) is 0 Å². The Balaban J connectivity index is 2.09. The fourth-order valence-electron chi connectivity index (χ4n) is 3.39. The van der Waals surface area contributed by atoms with Gasteiger partial charge in [0.2, 0.25) is 0 Å². The van der Waals surface area contributed by atoms with Crippen LogP contribution in [0.25, 0.3) is 16.7 Å². The highest BCUT2D eigenvalue weighted by Crippen LogP contribution is 2.39. The van der Waals surface area contributed by atoms with Gasteiger partial charge in [0.15, 0.2) is 0 Å². The summed E-state index contributed by atoms with van der Waals surface area (Å²) in [5.74, 6) is -0.313. The number of carbonyl (C=O) groups is 1. The van der Waals surface area contributed by atoms with E-state index in [0.29, 0.717) is 12.1 Å². The summed E-state index contributed by atoms with van der Waals surface area (Å²) < 4.78 is 5.14. The van der Waals surface area contributed by atoms with Crippen molar-refractivity contribution in [1.29, 1.82) is 0 Å². The van der Waals surface area contributed by atoms with E-state index in [9.17, 15) is 9.90 Å². The van der Waals surface area contributed by atoms with E-state index in [0.717, 1.165) is 33.8 Å². The van der Waals surface area contributed by atoms with Crippen LogP contribution in [0.3, 0.4) is 0 Å². The highest BCUT2D eigenvalue weighted by Gasteiger charge is 2.27. The predicted molar refractivity (Wildman–Crippen MR) is 109 cm³/mol. The predicted octanol–water partition coefficient (Wildman–Crippen LogP) is 4.00. The largest absolute Gasteiger partial charge is 0.505 e. The molecule has 1 N–H and O–H groups in total. The molecule has 0 aliphatic rings. The lowest BCUT2D eigenvalue weighted by molar-refractivity contribution is -0.137. The molecular formula is C22H25N3O3. The van der Waals surface area contributed by atoms with Crippen LogP contribution < -0.4 is 0 Å². The van der Waals surface area contributed by atoms with Crippen molar-refractivity contribution in [2.75, 3.05) is 6.61 Å². The van der Waals surface area contributed by atoms with E-state index in [-0.39, 0.29) is 17.8 Å². The molecule has 0 unspecified atom stereocenters. The van der Waals surface area contributed by atoms with Gasteiger partial charge in [0, 0.05) is 18.1 Å². The van der Waals surface area contributed by atoms with Crippen LogP contribution in [0.5, 0.6) is 5.75 Å². The maximum atomic E-state index is 11.4. The molecule has 28 heavy (non-hydrogen) atoms. The number of esters is 1. The van der Waals surface area contributed by atoms with Crippen LogP contribution in [0.15, 0.2) is 43.0 Å². The van der Waals surface area contributed by atoms with E-state index in [1.807, 2.05) is 58.0 Å². The zero-order valence-electron chi connectivity index (χ0n) is 16.7. The van der Waals surface area contributed by atoms with E-state index in [2.05, 4.69) is 16.8 Å². The molecule has 6 heteroatoms. The maximum absolute atomic E-state index is 11.4. The molecular weight excluding hydrogens is 354 g/mol. The number of phenolic OH excluding ortho intramolecular Hbond substituents is 1. The molecule has 0 aliphatic carbocycles. The number of ether oxygens (including phenoxy) is 1.